The summed E-state index contributed by atoms with van der Waals surface area (Å²) in [7, 11) is 0. The lowest BCUT2D eigenvalue weighted by molar-refractivity contribution is 0.0168. The van der Waals surface area contributed by atoms with Crippen molar-refractivity contribution >= 4 is 11.3 Å². The smallest absolute Gasteiger partial charge is 0.0900 e. The van der Waals surface area contributed by atoms with Gasteiger partial charge in [-0.05, 0) is 33.1 Å². The minimum Gasteiger partial charge on any atom is -0.377 e. The van der Waals surface area contributed by atoms with Crippen molar-refractivity contribution in [1.29, 1.82) is 0 Å². The number of nitrogens with zero attached hydrogens (tertiary/aromatic N) is 1. The van der Waals surface area contributed by atoms with Crippen LogP contribution in [0.5, 0.6) is 0 Å². The van der Waals surface area contributed by atoms with E-state index in [0.29, 0.717) is 6.10 Å². The Morgan fingerprint density at radius 1 is 1.44 bits per heavy atom. The molecule has 0 radical (unpaired) electrons. The van der Waals surface area contributed by atoms with Gasteiger partial charge in [-0.15, -0.1) is 11.3 Å². The molecule has 2 rings (SSSR count). The third kappa shape index (κ3) is 3.27. The van der Waals surface area contributed by atoms with E-state index in [1.165, 1.54) is 29.8 Å². The van der Waals surface area contributed by atoms with Gasteiger partial charge in [0, 0.05) is 24.6 Å². The van der Waals surface area contributed by atoms with Crippen LogP contribution in [0, 0.1) is 13.8 Å². The normalized spacial score (nSPS) is 21.2. The van der Waals surface area contributed by atoms with Crippen molar-refractivity contribution in [3.63, 3.8) is 0 Å². The highest BCUT2D eigenvalue weighted by Gasteiger charge is 2.13. The number of ether oxygens (including phenoxy) is 1. The number of hydrogen-bond donors (Lipinski definition) is 1. The minimum absolute atomic E-state index is 0.420. The molecule has 90 valence electrons. The first kappa shape index (κ1) is 12.0. The Balaban J connectivity index is 1.73. The maximum Gasteiger partial charge on any atom is 0.0900 e. The van der Waals surface area contributed by atoms with E-state index in [9.17, 15) is 0 Å². The first-order valence-electron chi connectivity index (χ1n) is 6.01. The number of hydrogen-bond acceptors (Lipinski definition) is 4. The zero-order chi connectivity index (χ0) is 11.4. The zero-order valence-corrected chi connectivity index (χ0v) is 10.9. The summed E-state index contributed by atoms with van der Waals surface area (Å²) in [5.74, 6) is 0. The molecule has 1 saturated heterocycles. The van der Waals surface area contributed by atoms with Gasteiger partial charge in [-0.3, -0.25) is 0 Å². The second kappa shape index (κ2) is 5.75. The molecule has 0 amide bonds. The van der Waals surface area contributed by atoms with Gasteiger partial charge in [0.15, 0.2) is 0 Å². The summed E-state index contributed by atoms with van der Waals surface area (Å²) < 4.78 is 5.68. The topological polar surface area (TPSA) is 34.2 Å². The lowest BCUT2D eigenvalue weighted by Crippen LogP contribution is -2.31. The first-order valence-corrected chi connectivity index (χ1v) is 6.82. The fourth-order valence-corrected chi connectivity index (χ4v) is 2.96. The molecule has 0 spiro atoms. The van der Waals surface area contributed by atoms with Gasteiger partial charge in [0.2, 0.25) is 0 Å². The molecule has 1 aromatic heterocycles. The number of rotatable bonds is 4. The van der Waals surface area contributed by atoms with Gasteiger partial charge in [0.05, 0.1) is 16.8 Å². The predicted octanol–water partition coefficient (Wildman–Crippen LogP) is 2.42. The van der Waals surface area contributed by atoms with Crippen LogP contribution in [-0.2, 0) is 11.3 Å². The molecule has 16 heavy (non-hydrogen) atoms. The Labute approximate surface area is 101 Å². The van der Waals surface area contributed by atoms with Crippen LogP contribution in [0.2, 0.25) is 0 Å². The molecule has 0 aliphatic carbocycles. The molecular weight excluding hydrogens is 220 g/mol. The Hall–Kier alpha value is -0.450. The third-order valence-corrected chi connectivity index (χ3v) is 4.00. The van der Waals surface area contributed by atoms with E-state index in [-0.39, 0.29) is 0 Å². The highest BCUT2D eigenvalue weighted by atomic mass is 32.1. The van der Waals surface area contributed by atoms with E-state index in [1.54, 1.807) is 11.3 Å². The SMILES string of the molecule is Cc1nc(C)c(CNCC2CCCCO2)s1. The molecular formula is C12H20N2OS. The molecule has 1 fully saturated rings. The van der Waals surface area contributed by atoms with E-state index in [4.69, 9.17) is 4.74 Å². The second-order valence-corrected chi connectivity index (χ2v) is 5.65. The molecule has 0 aromatic carbocycles. The van der Waals surface area contributed by atoms with Crippen molar-refractivity contribution in [1.82, 2.24) is 10.3 Å². The Kier molecular flexibility index (Phi) is 4.32. The summed E-state index contributed by atoms with van der Waals surface area (Å²) in [5, 5.41) is 4.63. The zero-order valence-electron chi connectivity index (χ0n) is 10.1. The van der Waals surface area contributed by atoms with Crippen molar-refractivity contribution in [3.05, 3.63) is 15.6 Å². The van der Waals surface area contributed by atoms with Gasteiger partial charge in [0.1, 0.15) is 0 Å². The maximum absolute atomic E-state index is 5.68. The number of thiazole rings is 1. The first-order chi connectivity index (χ1) is 7.75. The lowest BCUT2D eigenvalue weighted by atomic mass is 10.1. The standard InChI is InChI=1S/C12H20N2OS/c1-9-12(16-10(2)14-9)8-13-7-11-5-3-4-6-15-11/h11,13H,3-8H2,1-2H3. The molecule has 1 N–H and O–H groups in total. The van der Waals surface area contributed by atoms with Gasteiger partial charge in [-0.2, -0.15) is 0 Å². The van der Waals surface area contributed by atoms with Crippen LogP contribution in [0.1, 0.15) is 34.8 Å². The van der Waals surface area contributed by atoms with Crippen molar-refractivity contribution in [3.8, 4) is 0 Å². The summed E-state index contributed by atoms with van der Waals surface area (Å²) >= 11 is 1.79. The number of nitrogens with one attached hydrogen (secondary N) is 1. The molecule has 1 unspecified atom stereocenters. The van der Waals surface area contributed by atoms with E-state index >= 15 is 0 Å². The highest BCUT2D eigenvalue weighted by molar-refractivity contribution is 7.11. The largest absolute Gasteiger partial charge is 0.377 e. The van der Waals surface area contributed by atoms with E-state index in [0.717, 1.165) is 24.7 Å². The number of aromatic nitrogens is 1. The van der Waals surface area contributed by atoms with Crippen LogP contribution in [0.3, 0.4) is 0 Å². The number of aryl methyl sites for hydroxylation is 2. The third-order valence-electron chi connectivity index (χ3n) is 2.93. The van der Waals surface area contributed by atoms with Crippen LogP contribution in [0.15, 0.2) is 0 Å². The van der Waals surface area contributed by atoms with Crippen molar-refractivity contribution < 1.29 is 4.74 Å². The van der Waals surface area contributed by atoms with Crippen LogP contribution in [-0.4, -0.2) is 24.2 Å². The second-order valence-electron chi connectivity index (χ2n) is 4.36. The van der Waals surface area contributed by atoms with E-state index < -0.39 is 0 Å². The summed E-state index contributed by atoms with van der Waals surface area (Å²) in [6.45, 7) is 6.97. The lowest BCUT2D eigenvalue weighted by Gasteiger charge is -2.22. The molecule has 1 aromatic rings. The summed E-state index contributed by atoms with van der Waals surface area (Å²) in [6, 6.07) is 0. The fraction of sp³-hybridized carbons (Fsp3) is 0.750. The molecule has 2 heterocycles. The Bertz CT molecular complexity index is 332. The van der Waals surface area contributed by atoms with Crippen LogP contribution in [0.4, 0.5) is 0 Å². The molecule has 1 atom stereocenters. The minimum atomic E-state index is 0.420. The predicted molar refractivity (Wildman–Crippen MR) is 66.9 cm³/mol. The molecule has 3 nitrogen and oxygen atoms in total. The van der Waals surface area contributed by atoms with Crippen LogP contribution in [0.25, 0.3) is 0 Å². The average molecular weight is 240 g/mol. The van der Waals surface area contributed by atoms with Gasteiger partial charge in [-0.1, -0.05) is 0 Å². The maximum atomic E-state index is 5.68. The average Bonchev–Trinajstić information content (AvgIpc) is 2.59. The molecule has 1 aliphatic heterocycles. The molecule has 0 bridgehead atoms. The van der Waals surface area contributed by atoms with Crippen molar-refractivity contribution in [2.75, 3.05) is 13.2 Å². The van der Waals surface area contributed by atoms with E-state index in [2.05, 4.69) is 24.1 Å². The van der Waals surface area contributed by atoms with Gasteiger partial charge in [0.25, 0.3) is 0 Å². The summed E-state index contributed by atoms with van der Waals surface area (Å²) in [6.07, 6.45) is 4.16. The molecule has 4 heteroatoms. The quantitative estimate of drug-likeness (QED) is 0.877. The Morgan fingerprint density at radius 3 is 2.94 bits per heavy atom. The van der Waals surface area contributed by atoms with Crippen LogP contribution >= 0.6 is 11.3 Å². The van der Waals surface area contributed by atoms with Crippen molar-refractivity contribution in [2.45, 2.75) is 45.8 Å². The van der Waals surface area contributed by atoms with Gasteiger partial charge in [-0.25, -0.2) is 4.98 Å². The monoisotopic (exact) mass is 240 g/mol. The van der Waals surface area contributed by atoms with Gasteiger partial charge >= 0.3 is 0 Å². The fourth-order valence-electron chi connectivity index (χ4n) is 2.05. The van der Waals surface area contributed by atoms with E-state index in [1.807, 2.05) is 0 Å². The Morgan fingerprint density at radius 2 is 2.31 bits per heavy atom. The van der Waals surface area contributed by atoms with Gasteiger partial charge < -0.3 is 10.1 Å². The molecule has 1 aliphatic rings. The van der Waals surface area contributed by atoms with Crippen molar-refractivity contribution in [2.24, 2.45) is 0 Å². The van der Waals surface area contributed by atoms with Crippen LogP contribution < -0.4 is 5.32 Å². The summed E-state index contributed by atoms with van der Waals surface area (Å²) in [4.78, 5) is 5.78. The summed E-state index contributed by atoms with van der Waals surface area (Å²) in [5.41, 5.74) is 1.17. The molecule has 0 saturated carbocycles. The highest BCUT2D eigenvalue weighted by Crippen LogP contribution is 2.17.